The highest BCUT2D eigenvalue weighted by atomic mass is 16.6. The molecule has 0 aromatic carbocycles. The highest BCUT2D eigenvalue weighted by molar-refractivity contribution is 5.66. The molecule has 0 aromatic heterocycles. The van der Waals surface area contributed by atoms with E-state index in [1.54, 1.807) is 7.11 Å². The molecule has 0 rings (SSSR count). The van der Waals surface area contributed by atoms with Gasteiger partial charge in [-0.15, -0.1) is 0 Å². The number of hydrogen-bond donors (Lipinski definition) is 0. The van der Waals surface area contributed by atoms with Crippen LogP contribution in [0.4, 0.5) is 0 Å². The van der Waals surface area contributed by atoms with Crippen LogP contribution in [0.5, 0.6) is 0 Å². The minimum absolute atomic E-state index is 0.0592. The van der Waals surface area contributed by atoms with Crippen molar-refractivity contribution in [3.63, 3.8) is 0 Å². The van der Waals surface area contributed by atoms with Gasteiger partial charge in [0.15, 0.2) is 0 Å². The van der Waals surface area contributed by atoms with Crippen LogP contribution in [0.3, 0.4) is 0 Å². The SMILES string of the molecule is CCCC(COC(C)=O)OC.CCCOCCCCOC(C)=O. The zero-order valence-corrected chi connectivity index (χ0v) is 15.4. The summed E-state index contributed by atoms with van der Waals surface area (Å²) in [6.07, 6.45) is 4.95. The van der Waals surface area contributed by atoms with Crippen LogP contribution in [-0.4, -0.2) is 51.6 Å². The Morgan fingerprint density at radius 2 is 1.48 bits per heavy atom. The van der Waals surface area contributed by atoms with E-state index in [0.29, 0.717) is 13.2 Å². The number of unbranched alkanes of at least 4 members (excludes halogenated alkanes) is 1. The van der Waals surface area contributed by atoms with Crippen LogP contribution in [0.15, 0.2) is 0 Å². The maximum absolute atomic E-state index is 10.4. The molecule has 0 saturated carbocycles. The largest absolute Gasteiger partial charge is 0.466 e. The maximum Gasteiger partial charge on any atom is 0.302 e. The summed E-state index contributed by atoms with van der Waals surface area (Å²) in [5.74, 6) is -0.451. The quantitative estimate of drug-likeness (QED) is 0.403. The average molecular weight is 334 g/mol. The molecule has 0 saturated heterocycles. The summed E-state index contributed by atoms with van der Waals surface area (Å²) >= 11 is 0. The molecule has 23 heavy (non-hydrogen) atoms. The molecule has 1 atom stereocenters. The third-order valence-corrected chi connectivity index (χ3v) is 2.75. The van der Waals surface area contributed by atoms with E-state index < -0.39 is 0 Å². The van der Waals surface area contributed by atoms with Crippen LogP contribution in [0.2, 0.25) is 0 Å². The molecule has 0 aliphatic carbocycles. The van der Waals surface area contributed by atoms with Crippen molar-refractivity contribution in [1.29, 1.82) is 0 Å². The van der Waals surface area contributed by atoms with Gasteiger partial charge in [0, 0.05) is 34.2 Å². The van der Waals surface area contributed by atoms with Gasteiger partial charge in [0.25, 0.3) is 0 Å². The first-order valence-corrected chi connectivity index (χ1v) is 8.35. The van der Waals surface area contributed by atoms with Crippen molar-refractivity contribution in [3.05, 3.63) is 0 Å². The summed E-state index contributed by atoms with van der Waals surface area (Å²) < 4.78 is 19.9. The first kappa shape index (κ1) is 24.1. The van der Waals surface area contributed by atoms with Gasteiger partial charge in [-0.2, -0.15) is 0 Å². The van der Waals surface area contributed by atoms with Gasteiger partial charge >= 0.3 is 11.9 Å². The van der Waals surface area contributed by atoms with Gasteiger partial charge in [0.05, 0.1) is 12.7 Å². The van der Waals surface area contributed by atoms with Gasteiger partial charge in [-0.3, -0.25) is 9.59 Å². The van der Waals surface area contributed by atoms with Crippen LogP contribution < -0.4 is 0 Å². The molecule has 1 unspecified atom stereocenters. The average Bonchev–Trinajstić information content (AvgIpc) is 2.50. The van der Waals surface area contributed by atoms with E-state index in [-0.39, 0.29) is 18.0 Å². The molecule has 138 valence electrons. The lowest BCUT2D eigenvalue weighted by Crippen LogP contribution is -2.19. The lowest BCUT2D eigenvalue weighted by molar-refractivity contribution is -0.144. The van der Waals surface area contributed by atoms with E-state index in [4.69, 9.17) is 18.9 Å². The summed E-state index contributed by atoms with van der Waals surface area (Å²) in [6.45, 7) is 9.47. The second-order valence-electron chi connectivity index (χ2n) is 5.11. The van der Waals surface area contributed by atoms with Gasteiger partial charge in [-0.25, -0.2) is 0 Å². The Labute approximate surface area is 140 Å². The molecular weight excluding hydrogens is 300 g/mol. The Balaban J connectivity index is 0. The standard InChI is InChI=1S/C9H18O3.C8H16O3/c1-3-6-11-7-4-5-8-12-9(2)10;1-4-5-8(10-3)6-11-7(2)9/h3-8H2,1-2H3;8H,4-6H2,1-3H3. The van der Waals surface area contributed by atoms with Crippen LogP contribution >= 0.6 is 0 Å². The molecule has 0 amide bonds. The van der Waals surface area contributed by atoms with Crippen molar-refractivity contribution >= 4 is 11.9 Å². The Kier molecular flexibility index (Phi) is 19.8. The molecular formula is C17H34O6. The van der Waals surface area contributed by atoms with Crippen molar-refractivity contribution in [2.24, 2.45) is 0 Å². The smallest absolute Gasteiger partial charge is 0.302 e. The monoisotopic (exact) mass is 334 g/mol. The van der Waals surface area contributed by atoms with E-state index in [2.05, 4.69) is 13.8 Å². The third-order valence-electron chi connectivity index (χ3n) is 2.75. The molecule has 0 aliphatic heterocycles. The van der Waals surface area contributed by atoms with Crippen LogP contribution in [0, 0.1) is 0 Å². The van der Waals surface area contributed by atoms with E-state index in [1.165, 1.54) is 13.8 Å². The van der Waals surface area contributed by atoms with Gasteiger partial charge in [0.1, 0.15) is 6.61 Å². The van der Waals surface area contributed by atoms with Crippen LogP contribution in [0.1, 0.15) is 59.8 Å². The summed E-state index contributed by atoms with van der Waals surface area (Å²) in [6, 6.07) is 0. The van der Waals surface area contributed by atoms with E-state index in [1.807, 2.05) is 0 Å². The molecule has 6 heteroatoms. The fraction of sp³-hybridized carbons (Fsp3) is 0.882. The zero-order chi connectivity index (χ0) is 17.9. The Morgan fingerprint density at radius 3 is 1.96 bits per heavy atom. The summed E-state index contributed by atoms with van der Waals surface area (Å²) in [4.78, 5) is 20.7. The Bertz CT molecular complexity index is 280. The number of rotatable bonds is 12. The number of ether oxygens (including phenoxy) is 4. The minimum atomic E-state index is -0.247. The molecule has 0 radical (unpaired) electrons. The number of carbonyl (C=O) groups is 2. The molecule has 0 aromatic rings. The van der Waals surface area contributed by atoms with Crippen molar-refractivity contribution in [2.45, 2.75) is 65.9 Å². The fourth-order valence-electron chi connectivity index (χ4n) is 1.57. The molecule has 0 aliphatic rings. The first-order chi connectivity index (χ1) is 11.0. The molecule has 0 heterocycles. The second kappa shape index (κ2) is 18.9. The summed E-state index contributed by atoms with van der Waals surface area (Å²) in [5, 5.41) is 0. The lowest BCUT2D eigenvalue weighted by Gasteiger charge is -2.13. The van der Waals surface area contributed by atoms with Crippen molar-refractivity contribution in [3.8, 4) is 0 Å². The number of esters is 2. The van der Waals surface area contributed by atoms with E-state index >= 15 is 0 Å². The Hall–Kier alpha value is -1.14. The summed E-state index contributed by atoms with van der Waals surface area (Å²) in [7, 11) is 1.63. The number of methoxy groups -OCH3 is 1. The van der Waals surface area contributed by atoms with Gasteiger partial charge in [-0.05, 0) is 25.7 Å². The van der Waals surface area contributed by atoms with Crippen LogP contribution in [0.25, 0.3) is 0 Å². The zero-order valence-electron chi connectivity index (χ0n) is 15.4. The predicted molar refractivity (Wildman–Crippen MR) is 89.3 cm³/mol. The molecule has 0 spiro atoms. The Morgan fingerprint density at radius 1 is 0.870 bits per heavy atom. The normalized spacial score (nSPS) is 11.2. The van der Waals surface area contributed by atoms with Crippen LogP contribution in [-0.2, 0) is 28.5 Å². The van der Waals surface area contributed by atoms with E-state index in [0.717, 1.165) is 45.3 Å². The third kappa shape index (κ3) is 23.3. The lowest BCUT2D eigenvalue weighted by atomic mass is 10.2. The maximum atomic E-state index is 10.4. The number of carbonyl (C=O) groups excluding carboxylic acids is 2. The van der Waals surface area contributed by atoms with Crippen molar-refractivity contribution < 1.29 is 28.5 Å². The van der Waals surface area contributed by atoms with Gasteiger partial charge in [0.2, 0.25) is 0 Å². The molecule has 6 nitrogen and oxygen atoms in total. The highest BCUT2D eigenvalue weighted by Gasteiger charge is 2.06. The van der Waals surface area contributed by atoms with Crippen molar-refractivity contribution in [2.75, 3.05) is 33.5 Å². The summed E-state index contributed by atoms with van der Waals surface area (Å²) in [5.41, 5.74) is 0. The molecule has 0 N–H and O–H groups in total. The topological polar surface area (TPSA) is 71.1 Å². The predicted octanol–water partition coefficient (Wildman–Crippen LogP) is 3.12. The van der Waals surface area contributed by atoms with E-state index in [9.17, 15) is 9.59 Å². The molecule has 0 fully saturated rings. The van der Waals surface area contributed by atoms with Gasteiger partial charge in [-0.1, -0.05) is 20.3 Å². The fourth-order valence-corrected chi connectivity index (χ4v) is 1.57. The molecule has 0 bridgehead atoms. The minimum Gasteiger partial charge on any atom is -0.466 e. The number of hydrogen-bond acceptors (Lipinski definition) is 6. The first-order valence-electron chi connectivity index (χ1n) is 8.35. The van der Waals surface area contributed by atoms with Gasteiger partial charge < -0.3 is 18.9 Å². The second-order valence-corrected chi connectivity index (χ2v) is 5.11. The van der Waals surface area contributed by atoms with Crippen molar-refractivity contribution in [1.82, 2.24) is 0 Å². The highest BCUT2D eigenvalue weighted by Crippen LogP contribution is 2.01.